The van der Waals surface area contributed by atoms with Crippen molar-refractivity contribution >= 4 is 12.2 Å². The van der Waals surface area contributed by atoms with Crippen LogP contribution in [0.2, 0.25) is 0 Å². The number of benzene rings is 2. The van der Waals surface area contributed by atoms with Gasteiger partial charge in [-0.3, -0.25) is 0 Å². The molecule has 0 N–H and O–H groups in total. The summed E-state index contributed by atoms with van der Waals surface area (Å²) >= 11 is 0. The molecule has 0 heterocycles. The first-order valence-electron chi connectivity index (χ1n) is 8.77. The predicted octanol–water partition coefficient (Wildman–Crippen LogP) is 5.67. The van der Waals surface area contributed by atoms with E-state index in [1.54, 1.807) is 17.0 Å². The summed E-state index contributed by atoms with van der Waals surface area (Å²) in [4.78, 5) is 14.2. The summed E-state index contributed by atoms with van der Waals surface area (Å²) in [5, 5.41) is 0. The minimum absolute atomic E-state index is 0.249. The van der Waals surface area contributed by atoms with Crippen molar-refractivity contribution in [3.8, 4) is 0 Å². The number of carbonyl (C=O) groups is 1. The maximum absolute atomic E-state index is 12.9. The fourth-order valence-electron chi connectivity index (χ4n) is 2.39. The highest BCUT2D eigenvalue weighted by Gasteiger charge is 2.21. The predicted molar refractivity (Wildman–Crippen MR) is 103 cm³/mol. The van der Waals surface area contributed by atoms with Gasteiger partial charge in [-0.25, -0.2) is 9.18 Å². The van der Waals surface area contributed by atoms with Gasteiger partial charge in [0.2, 0.25) is 0 Å². The Hall–Kier alpha value is -2.62. The minimum Gasteiger partial charge on any atom is -0.444 e. The Morgan fingerprint density at radius 3 is 2.35 bits per heavy atom. The van der Waals surface area contributed by atoms with Crippen molar-refractivity contribution < 1.29 is 13.9 Å². The molecule has 0 bridgehead atoms. The van der Waals surface area contributed by atoms with Gasteiger partial charge in [-0.2, -0.15) is 0 Å². The minimum atomic E-state index is -0.532. The number of hydrogen-bond acceptors (Lipinski definition) is 2. The number of amides is 1. The monoisotopic (exact) mass is 355 g/mol. The molecule has 0 fully saturated rings. The summed E-state index contributed by atoms with van der Waals surface area (Å²) in [6, 6.07) is 16.2. The lowest BCUT2D eigenvalue weighted by atomic mass is 10.2. The number of ether oxygens (including phenoxy) is 1. The van der Waals surface area contributed by atoms with E-state index in [9.17, 15) is 9.18 Å². The molecule has 0 spiro atoms. The van der Waals surface area contributed by atoms with Crippen LogP contribution in [0, 0.1) is 5.82 Å². The van der Waals surface area contributed by atoms with Crippen LogP contribution in [0.3, 0.4) is 0 Å². The molecule has 0 aliphatic heterocycles. The molecule has 4 heteroatoms. The molecule has 0 saturated heterocycles. The summed E-state index contributed by atoms with van der Waals surface area (Å²) in [5.74, 6) is -0.249. The van der Waals surface area contributed by atoms with Crippen LogP contribution < -0.4 is 0 Å². The normalized spacial score (nSPS) is 11.5. The molecule has 0 aromatic heterocycles. The lowest BCUT2D eigenvalue weighted by molar-refractivity contribution is 0.0237. The maximum atomic E-state index is 12.9. The van der Waals surface area contributed by atoms with E-state index in [0.717, 1.165) is 11.1 Å². The Bertz CT molecular complexity index is 718. The van der Waals surface area contributed by atoms with E-state index < -0.39 is 5.60 Å². The Labute approximate surface area is 155 Å². The second-order valence-corrected chi connectivity index (χ2v) is 7.13. The lowest BCUT2D eigenvalue weighted by Crippen LogP contribution is -2.36. The van der Waals surface area contributed by atoms with Crippen molar-refractivity contribution in [2.24, 2.45) is 0 Å². The van der Waals surface area contributed by atoms with Crippen LogP contribution in [0.5, 0.6) is 0 Å². The van der Waals surface area contributed by atoms with Gasteiger partial charge in [-0.1, -0.05) is 54.6 Å². The molecular formula is C22H26FNO2. The van der Waals surface area contributed by atoms with E-state index in [1.807, 2.05) is 63.3 Å². The van der Waals surface area contributed by atoms with Gasteiger partial charge >= 0.3 is 6.09 Å². The smallest absolute Gasteiger partial charge is 0.410 e. The molecule has 138 valence electrons. The molecule has 2 aromatic rings. The second kappa shape index (κ2) is 9.18. The van der Waals surface area contributed by atoms with Crippen LogP contribution in [-0.4, -0.2) is 23.1 Å². The summed E-state index contributed by atoms with van der Waals surface area (Å²) < 4.78 is 18.5. The fraction of sp³-hybridized carbons (Fsp3) is 0.318. The molecule has 0 saturated carbocycles. The highest BCUT2D eigenvalue weighted by atomic mass is 19.1. The number of halogens is 1. The van der Waals surface area contributed by atoms with E-state index in [4.69, 9.17) is 4.74 Å². The average Bonchev–Trinajstić information content (AvgIpc) is 2.58. The summed E-state index contributed by atoms with van der Waals surface area (Å²) in [5.41, 5.74) is 1.45. The van der Waals surface area contributed by atoms with Crippen molar-refractivity contribution in [3.63, 3.8) is 0 Å². The van der Waals surface area contributed by atoms with Crippen LogP contribution in [0.15, 0.2) is 60.7 Å². The average molecular weight is 355 g/mol. The van der Waals surface area contributed by atoms with Gasteiger partial charge in [0.15, 0.2) is 0 Å². The zero-order valence-electron chi connectivity index (χ0n) is 15.6. The second-order valence-electron chi connectivity index (χ2n) is 7.13. The van der Waals surface area contributed by atoms with Crippen LogP contribution in [0.4, 0.5) is 9.18 Å². The van der Waals surface area contributed by atoms with Crippen molar-refractivity contribution in [1.82, 2.24) is 4.90 Å². The van der Waals surface area contributed by atoms with Crippen molar-refractivity contribution in [3.05, 3.63) is 77.6 Å². The molecule has 0 radical (unpaired) electrons. The van der Waals surface area contributed by atoms with E-state index >= 15 is 0 Å². The summed E-state index contributed by atoms with van der Waals surface area (Å²) in [7, 11) is 0. The Balaban J connectivity index is 1.98. The number of carbonyl (C=O) groups excluding carboxylic acids is 1. The zero-order valence-corrected chi connectivity index (χ0v) is 15.6. The van der Waals surface area contributed by atoms with Crippen molar-refractivity contribution in [1.29, 1.82) is 0 Å². The van der Waals surface area contributed by atoms with Gasteiger partial charge in [-0.15, -0.1) is 0 Å². The molecule has 26 heavy (non-hydrogen) atoms. The molecule has 0 aliphatic rings. The van der Waals surface area contributed by atoms with Crippen LogP contribution in [0.25, 0.3) is 6.08 Å². The molecule has 0 unspecified atom stereocenters. The van der Waals surface area contributed by atoms with Crippen LogP contribution >= 0.6 is 0 Å². The molecule has 2 rings (SSSR count). The molecule has 1 amide bonds. The first-order chi connectivity index (χ1) is 12.3. The van der Waals surface area contributed by atoms with E-state index in [0.29, 0.717) is 19.5 Å². The van der Waals surface area contributed by atoms with E-state index in [1.165, 1.54) is 12.1 Å². The zero-order chi connectivity index (χ0) is 19.0. The number of rotatable bonds is 6. The molecule has 3 nitrogen and oxygen atoms in total. The third-order valence-electron chi connectivity index (χ3n) is 3.61. The van der Waals surface area contributed by atoms with Gasteiger partial charge in [0.25, 0.3) is 0 Å². The SMILES string of the molecule is CC(C)(C)OC(=O)N(CC/C=C/c1ccc(F)cc1)Cc1ccccc1. The van der Waals surface area contributed by atoms with Gasteiger partial charge < -0.3 is 9.64 Å². The van der Waals surface area contributed by atoms with Crippen molar-refractivity contribution in [2.45, 2.75) is 39.3 Å². The third kappa shape index (κ3) is 7.09. The van der Waals surface area contributed by atoms with Gasteiger partial charge in [-0.05, 0) is 50.5 Å². The third-order valence-corrected chi connectivity index (χ3v) is 3.61. The molecular weight excluding hydrogens is 329 g/mol. The summed E-state index contributed by atoms with van der Waals surface area (Å²) in [6.07, 6.45) is 4.27. The topological polar surface area (TPSA) is 29.5 Å². The molecule has 0 aliphatic carbocycles. The first kappa shape index (κ1) is 19.7. The maximum Gasteiger partial charge on any atom is 0.410 e. The molecule has 2 aromatic carbocycles. The highest BCUT2D eigenvalue weighted by Crippen LogP contribution is 2.14. The van der Waals surface area contributed by atoms with Crippen molar-refractivity contribution in [2.75, 3.05) is 6.54 Å². The Kier molecular flexibility index (Phi) is 6.96. The number of hydrogen-bond donors (Lipinski definition) is 0. The quantitative estimate of drug-likeness (QED) is 0.668. The fourth-order valence-corrected chi connectivity index (χ4v) is 2.39. The Morgan fingerprint density at radius 2 is 1.73 bits per heavy atom. The van der Waals surface area contributed by atoms with Gasteiger partial charge in [0.05, 0.1) is 0 Å². The lowest BCUT2D eigenvalue weighted by Gasteiger charge is -2.27. The van der Waals surface area contributed by atoms with Crippen LogP contribution in [0.1, 0.15) is 38.3 Å². The number of nitrogens with zero attached hydrogens (tertiary/aromatic N) is 1. The van der Waals surface area contributed by atoms with Gasteiger partial charge in [0.1, 0.15) is 11.4 Å². The summed E-state index contributed by atoms with van der Waals surface area (Å²) in [6.45, 7) is 6.63. The Morgan fingerprint density at radius 1 is 1.08 bits per heavy atom. The van der Waals surface area contributed by atoms with E-state index in [2.05, 4.69) is 0 Å². The van der Waals surface area contributed by atoms with E-state index in [-0.39, 0.29) is 11.9 Å². The standard InChI is InChI=1S/C22H26FNO2/c1-22(2,3)26-21(25)24(17-19-10-5-4-6-11-19)16-8-7-9-18-12-14-20(23)15-13-18/h4-7,9-15H,8,16-17H2,1-3H3/b9-7+. The highest BCUT2D eigenvalue weighted by molar-refractivity contribution is 5.68. The largest absolute Gasteiger partial charge is 0.444 e. The molecule has 0 atom stereocenters. The van der Waals surface area contributed by atoms with Crippen LogP contribution in [-0.2, 0) is 11.3 Å². The first-order valence-corrected chi connectivity index (χ1v) is 8.77. The van der Waals surface area contributed by atoms with Gasteiger partial charge in [0, 0.05) is 13.1 Å².